The van der Waals surface area contributed by atoms with E-state index in [4.69, 9.17) is 13.9 Å². The summed E-state index contributed by atoms with van der Waals surface area (Å²) in [5.41, 5.74) is 7.71. The SMILES string of the molecule is C=CCCCC(=C)n1c(/C=C\Cc2cccc3c2oc2ccccc23)c(C)c2cc(B3NOC(C)(C)C(C)(C)O3)ccc21.CC. The van der Waals surface area contributed by atoms with E-state index in [2.05, 4.69) is 105 Å². The van der Waals surface area contributed by atoms with Crippen molar-refractivity contribution in [3.63, 3.8) is 0 Å². The van der Waals surface area contributed by atoms with Gasteiger partial charge in [-0.05, 0) is 95.1 Å². The Hall–Kier alpha value is -3.84. The highest BCUT2D eigenvalue weighted by molar-refractivity contribution is 6.65. The van der Waals surface area contributed by atoms with E-state index in [1.165, 1.54) is 16.5 Å². The van der Waals surface area contributed by atoms with E-state index >= 15 is 0 Å². The Bertz CT molecular complexity index is 1870. The Labute approximate surface area is 268 Å². The van der Waals surface area contributed by atoms with Crippen LogP contribution < -0.4 is 10.9 Å². The molecule has 0 amide bonds. The number of aromatic nitrogens is 1. The average molecular weight is 603 g/mol. The van der Waals surface area contributed by atoms with Crippen molar-refractivity contribution in [3.05, 3.63) is 103 Å². The molecule has 0 spiro atoms. The van der Waals surface area contributed by atoms with Crippen LogP contribution >= 0.6 is 0 Å². The van der Waals surface area contributed by atoms with Crippen LogP contribution in [-0.2, 0) is 15.9 Å². The molecule has 1 aliphatic rings. The maximum absolute atomic E-state index is 6.49. The number of nitrogens with zero attached hydrogens (tertiary/aromatic N) is 1. The molecule has 0 bridgehead atoms. The molecule has 6 heteroatoms. The van der Waals surface area contributed by atoms with Crippen molar-refractivity contribution in [2.45, 2.75) is 85.4 Å². The number of furan rings is 1. The van der Waals surface area contributed by atoms with Gasteiger partial charge >= 0.3 is 7.05 Å². The predicted octanol–water partition coefficient (Wildman–Crippen LogP) is 9.76. The van der Waals surface area contributed by atoms with E-state index in [9.17, 15) is 0 Å². The summed E-state index contributed by atoms with van der Waals surface area (Å²) in [6, 6.07) is 21.2. The van der Waals surface area contributed by atoms with Crippen LogP contribution in [0.3, 0.4) is 0 Å². The smallest absolute Gasteiger partial charge is 0.440 e. The van der Waals surface area contributed by atoms with Crippen LogP contribution in [0.1, 0.15) is 77.6 Å². The van der Waals surface area contributed by atoms with Gasteiger partial charge < -0.3 is 18.5 Å². The second kappa shape index (κ2) is 13.3. The molecule has 2 aromatic heterocycles. The van der Waals surface area contributed by atoms with Crippen LogP contribution in [-0.4, -0.2) is 22.8 Å². The summed E-state index contributed by atoms with van der Waals surface area (Å²) in [5.74, 6) is 0. The fourth-order valence-electron chi connectivity index (χ4n) is 5.93. The van der Waals surface area contributed by atoms with E-state index in [1.807, 2.05) is 45.9 Å². The van der Waals surface area contributed by atoms with Gasteiger partial charge in [-0.25, -0.2) is 5.39 Å². The lowest BCUT2D eigenvalue weighted by atomic mass is 9.71. The number of unbranched alkanes of at least 4 members (excludes halogenated alkanes) is 1. The predicted molar refractivity (Wildman–Crippen MR) is 193 cm³/mol. The van der Waals surface area contributed by atoms with Gasteiger partial charge in [-0.3, -0.25) is 0 Å². The quantitative estimate of drug-likeness (QED) is 0.104. The Morgan fingerprint density at radius 2 is 1.71 bits per heavy atom. The molecule has 0 radical (unpaired) electrons. The van der Waals surface area contributed by atoms with Gasteiger partial charge in [-0.15, -0.1) is 6.58 Å². The van der Waals surface area contributed by atoms with Gasteiger partial charge in [0.15, 0.2) is 0 Å². The van der Waals surface area contributed by atoms with Gasteiger partial charge in [0, 0.05) is 27.5 Å². The number of hydrogen-bond acceptors (Lipinski definition) is 4. The highest BCUT2D eigenvalue weighted by Gasteiger charge is 2.47. The molecule has 3 aromatic carbocycles. The third kappa shape index (κ3) is 6.20. The van der Waals surface area contributed by atoms with Gasteiger partial charge in [0.2, 0.25) is 0 Å². The number of fused-ring (bicyclic) bond motifs is 4. The zero-order valence-electron chi connectivity index (χ0n) is 28.0. The van der Waals surface area contributed by atoms with Crippen molar-refractivity contribution >= 4 is 57.1 Å². The number of benzene rings is 3. The third-order valence-electron chi connectivity index (χ3n) is 9.17. The zero-order valence-corrected chi connectivity index (χ0v) is 28.0. The summed E-state index contributed by atoms with van der Waals surface area (Å²) in [5, 5.41) is 6.63. The summed E-state index contributed by atoms with van der Waals surface area (Å²) in [7, 11) is -0.366. The number of aryl methyl sites for hydroxylation is 1. The first-order valence-corrected chi connectivity index (χ1v) is 16.2. The molecule has 45 heavy (non-hydrogen) atoms. The summed E-state index contributed by atoms with van der Waals surface area (Å²) >= 11 is 0. The summed E-state index contributed by atoms with van der Waals surface area (Å²) in [6.07, 6.45) is 10.1. The van der Waals surface area contributed by atoms with Crippen LogP contribution in [0, 0.1) is 6.92 Å². The monoisotopic (exact) mass is 602 g/mol. The van der Waals surface area contributed by atoms with Crippen molar-refractivity contribution in [1.82, 2.24) is 9.96 Å². The highest BCUT2D eigenvalue weighted by Crippen LogP contribution is 2.34. The standard InChI is InChI=1S/C37H41BN2O3.C2H6/c1-8-9-10-15-25(2)40-32(20-14-17-27-16-13-19-30-29-18-11-12-21-34(29)41-35(27)30)26(3)31-24-28(22-23-33(31)40)38-39-43-37(6,7)36(4,5)42-38;1-2/h8,11-14,16,18-24,39H,1-2,9-10,15,17H2,3-7H3;1-2H3/b20-14-;. The Balaban J connectivity index is 0.00000196. The molecule has 0 aliphatic carbocycles. The topological polar surface area (TPSA) is 48.6 Å². The number of allylic oxidation sites excluding steroid dienone is 3. The van der Waals surface area contributed by atoms with Crippen LogP contribution in [0.25, 0.3) is 44.6 Å². The van der Waals surface area contributed by atoms with E-state index < -0.39 is 11.2 Å². The number of rotatable bonds is 9. The maximum atomic E-state index is 6.49. The van der Waals surface area contributed by atoms with Crippen molar-refractivity contribution in [3.8, 4) is 0 Å². The molecule has 1 N–H and O–H groups in total. The molecule has 0 atom stereocenters. The number of para-hydroxylation sites is 2. The molecule has 6 rings (SSSR count). The minimum absolute atomic E-state index is 0.366. The van der Waals surface area contributed by atoms with E-state index in [0.717, 1.165) is 70.0 Å². The fraction of sp³-hybridized carbons (Fsp3) is 0.333. The van der Waals surface area contributed by atoms with Gasteiger partial charge in [-0.1, -0.05) is 81.1 Å². The minimum Gasteiger partial charge on any atom is -0.456 e. The van der Waals surface area contributed by atoms with Crippen molar-refractivity contribution < 1.29 is 13.9 Å². The van der Waals surface area contributed by atoms with E-state index in [-0.39, 0.29) is 7.05 Å². The second-order valence-corrected chi connectivity index (χ2v) is 12.6. The van der Waals surface area contributed by atoms with E-state index in [0.29, 0.717) is 0 Å². The summed E-state index contributed by atoms with van der Waals surface area (Å²) in [4.78, 5) is 6.04. The fourth-order valence-corrected chi connectivity index (χ4v) is 5.93. The molecule has 1 aliphatic heterocycles. The highest BCUT2D eigenvalue weighted by atomic mass is 16.7. The van der Waals surface area contributed by atoms with Crippen molar-refractivity contribution in [2.24, 2.45) is 0 Å². The molecule has 234 valence electrons. The molecule has 1 fully saturated rings. The van der Waals surface area contributed by atoms with Gasteiger partial charge in [0.25, 0.3) is 0 Å². The normalized spacial score (nSPS) is 15.9. The molecule has 0 saturated carbocycles. The Kier molecular flexibility index (Phi) is 9.59. The molecule has 0 unspecified atom stereocenters. The first-order chi connectivity index (χ1) is 21.6. The largest absolute Gasteiger partial charge is 0.456 e. The number of nitrogens with one attached hydrogen (secondary N) is 1. The maximum Gasteiger partial charge on any atom is 0.440 e. The molecule has 3 heterocycles. The van der Waals surface area contributed by atoms with Crippen LogP contribution in [0.4, 0.5) is 0 Å². The van der Waals surface area contributed by atoms with Crippen LogP contribution in [0.5, 0.6) is 0 Å². The van der Waals surface area contributed by atoms with Crippen molar-refractivity contribution in [2.75, 3.05) is 0 Å². The zero-order chi connectivity index (χ0) is 32.4. The molecular formula is C39H47BN2O3. The Morgan fingerprint density at radius 3 is 2.47 bits per heavy atom. The molecule has 5 aromatic rings. The van der Waals surface area contributed by atoms with Crippen LogP contribution in [0.2, 0.25) is 0 Å². The average Bonchev–Trinajstić information content (AvgIpc) is 3.55. The number of hydrogen-bond donors (Lipinski definition) is 1. The lowest BCUT2D eigenvalue weighted by Gasteiger charge is -2.47. The van der Waals surface area contributed by atoms with Gasteiger partial charge in [0.05, 0.1) is 11.1 Å². The van der Waals surface area contributed by atoms with E-state index in [1.54, 1.807) is 0 Å². The molecular weight excluding hydrogens is 555 g/mol. The summed E-state index contributed by atoms with van der Waals surface area (Å²) in [6.45, 7) is 22.8. The second-order valence-electron chi connectivity index (χ2n) is 12.6. The first kappa shape index (κ1) is 32.6. The lowest BCUT2D eigenvalue weighted by molar-refractivity contribution is -0.190. The lowest BCUT2D eigenvalue weighted by Crippen LogP contribution is -2.66. The summed E-state index contributed by atoms with van der Waals surface area (Å²) < 4.78 is 15.1. The third-order valence-corrected chi connectivity index (χ3v) is 9.17. The Morgan fingerprint density at radius 1 is 0.956 bits per heavy atom. The van der Waals surface area contributed by atoms with Crippen LogP contribution in [0.15, 0.2) is 90.4 Å². The van der Waals surface area contributed by atoms with Gasteiger partial charge in [0.1, 0.15) is 16.8 Å². The molecule has 1 saturated heterocycles. The minimum atomic E-state index is -0.463. The first-order valence-electron chi connectivity index (χ1n) is 16.2. The van der Waals surface area contributed by atoms with Crippen molar-refractivity contribution in [1.29, 1.82) is 0 Å². The molecule has 5 nitrogen and oxygen atoms in total. The van der Waals surface area contributed by atoms with Gasteiger partial charge in [-0.2, -0.15) is 0 Å².